The zero-order valence-corrected chi connectivity index (χ0v) is 14.5. The van der Waals surface area contributed by atoms with E-state index in [-0.39, 0.29) is 12.8 Å². The van der Waals surface area contributed by atoms with Crippen molar-refractivity contribution in [2.45, 2.75) is 69.6 Å². The molecule has 0 heterocycles. The van der Waals surface area contributed by atoms with Crippen molar-refractivity contribution in [3.8, 4) is 0 Å². The Morgan fingerprint density at radius 2 is 0.929 bits per heavy atom. The van der Waals surface area contributed by atoms with Crippen LogP contribution in [0.2, 0.25) is 0 Å². The molecule has 3 nitrogen and oxygen atoms in total. The summed E-state index contributed by atoms with van der Waals surface area (Å²) >= 11 is 0. The van der Waals surface area contributed by atoms with Crippen molar-refractivity contribution >= 4 is 8.80 Å². The number of hydrogen-bond donors (Lipinski definition) is 0. The molecule has 0 rings (SSSR count). The lowest BCUT2D eigenvalue weighted by Crippen LogP contribution is -2.61. The minimum absolute atomic E-state index is 0.249. The predicted octanol–water partition coefficient (Wildman–Crippen LogP) is 6.31. The topological polar surface area (TPSA) is 27.7 Å². The Morgan fingerprint density at radius 1 is 0.571 bits per heavy atom. The van der Waals surface area contributed by atoms with Crippen molar-refractivity contribution in [3.05, 3.63) is 0 Å². The molecule has 0 aromatic heterocycles. The van der Waals surface area contributed by atoms with E-state index >= 15 is 0 Å². The largest absolute Gasteiger partial charge is 0.556 e. The van der Waals surface area contributed by atoms with Gasteiger partial charge in [-0.25, -0.2) is 4.39 Å². The fourth-order valence-corrected chi connectivity index (χ4v) is 3.95. The molecule has 0 radical (unpaired) electrons. The summed E-state index contributed by atoms with van der Waals surface area (Å²) in [6, 6.07) is 0. The van der Waals surface area contributed by atoms with Gasteiger partial charge in [-0.2, -0.15) is 13.2 Å². The van der Waals surface area contributed by atoms with Crippen LogP contribution in [-0.4, -0.2) is 39.9 Å². The molecule has 0 aliphatic heterocycles. The van der Waals surface area contributed by atoms with E-state index in [1.54, 1.807) is 0 Å². The van der Waals surface area contributed by atoms with Crippen LogP contribution in [0, 0.1) is 0 Å². The molecule has 0 aliphatic rings. The zero-order valence-electron chi connectivity index (χ0n) is 13.5. The molecule has 0 aromatic rings. The highest BCUT2D eigenvalue weighted by atomic mass is 28.4. The molecular formula is C11H13F13O3Si. The molecule has 0 bridgehead atoms. The monoisotopic (exact) mass is 468 g/mol. The Balaban J connectivity index is 5.19. The van der Waals surface area contributed by atoms with Gasteiger partial charge in [-0.1, -0.05) is 19.3 Å². The number of unbranched alkanes of at least 4 members (excludes halogenated alkanes) is 3. The van der Waals surface area contributed by atoms with E-state index in [0.717, 1.165) is 0 Å². The molecule has 1 unspecified atom stereocenters. The fourth-order valence-electron chi connectivity index (χ4n) is 1.92. The van der Waals surface area contributed by atoms with Gasteiger partial charge in [0.1, 0.15) is 0 Å². The first-order chi connectivity index (χ1) is 12.2. The molecule has 1 atom stereocenters. The van der Waals surface area contributed by atoms with Gasteiger partial charge in [0, 0.05) is 6.42 Å². The van der Waals surface area contributed by atoms with Crippen molar-refractivity contribution in [1.29, 1.82) is 0 Å². The second-order valence-electron chi connectivity index (χ2n) is 5.28. The van der Waals surface area contributed by atoms with Crippen LogP contribution in [0.4, 0.5) is 57.1 Å². The summed E-state index contributed by atoms with van der Waals surface area (Å²) in [5, 5.41) is 0. The Kier molecular flexibility index (Phi) is 9.51. The van der Waals surface area contributed by atoms with E-state index in [0.29, 0.717) is 0 Å². The lowest BCUT2D eigenvalue weighted by Gasteiger charge is -2.33. The molecule has 0 spiro atoms. The van der Waals surface area contributed by atoms with Crippen LogP contribution >= 0.6 is 0 Å². The summed E-state index contributed by atoms with van der Waals surface area (Å²) < 4.78 is 169. The first-order valence-electron chi connectivity index (χ1n) is 7.26. The van der Waals surface area contributed by atoms with Gasteiger partial charge in [-0.05, 0) is 12.8 Å². The summed E-state index contributed by atoms with van der Waals surface area (Å²) in [7, 11) is -7.13. The van der Waals surface area contributed by atoms with Crippen molar-refractivity contribution in [3.63, 3.8) is 0 Å². The Bertz CT molecular complexity index is 416. The van der Waals surface area contributed by atoms with Crippen molar-refractivity contribution in [2.24, 2.45) is 0 Å². The van der Waals surface area contributed by atoms with Crippen LogP contribution in [0.15, 0.2) is 0 Å². The quantitative estimate of drug-likeness (QED) is 0.214. The van der Waals surface area contributed by atoms with Crippen molar-refractivity contribution in [1.82, 2.24) is 0 Å². The molecule has 0 saturated heterocycles. The smallest absolute Gasteiger partial charge is 0.282 e. The third-order valence-corrected chi connectivity index (χ3v) is 5.43. The van der Waals surface area contributed by atoms with Gasteiger partial charge in [-0.15, -0.1) is 39.5 Å². The van der Waals surface area contributed by atoms with Crippen LogP contribution in [0.1, 0.15) is 38.5 Å². The zero-order chi connectivity index (χ0) is 22.4. The lowest BCUT2D eigenvalue weighted by molar-refractivity contribution is -0.370. The summed E-state index contributed by atoms with van der Waals surface area (Å²) in [6.07, 6.45) is -27.3. The Labute approximate surface area is 150 Å². The van der Waals surface area contributed by atoms with E-state index in [1.165, 1.54) is 0 Å². The number of rotatable bonds is 10. The Hall–Kier alpha value is -0.813. The Morgan fingerprint density at radius 3 is 1.25 bits per heavy atom. The first-order valence-corrected chi connectivity index (χ1v) is 9.06. The van der Waals surface area contributed by atoms with Crippen LogP contribution < -0.4 is 0 Å². The molecular weight excluding hydrogens is 455 g/mol. The van der Waals surface area contributed by atoms with Gasteiger partial charge < -0.3 is 0 Å². The maximum absolute atomic E-state index is 14.0. The highest BCUT2D eigenvalue weighted by molar-refractivity contribution is 6.62. The van der Waals surface area contributed by atoms with E-state index < -0.39 is 65.5 Å². The first kappa shape index (κ1) is 27.2. The highest BCUT2D eigenvalue weighted by Crippen LogP contribution is 2.38. The average molecular weight is 468 g/mol. The number of hydrogen-bond acceptors (Lipinski definition) is 3. The van der Waals surface area contributed by atoms with E-state index in [4.69, 9.17) is 0 Å². The van der Waals surface area contributed by atoms with Gasteiger partial charge in [0.05, 0.1) is 0 Å². The van der Waals surface area contributed by atoms with E-state index in [2.05, 4.69) is 13.3 Å². The van der Waals surface area contributed by atoms with E-state index in [9.17, 15) is 57.1 Å². The normalized spacial score (nSPS) is 15.8. The number of halogens is 13. The minimum atomic E-state index is -7.13. The molecule has 170 valence electrons. The molecule has 28 heavy (non-hydrogen) atoms. The van der Waals surface area contributed by atoms with Crippen molar-refractivity contribution in [2.75, 3.05) is 0 Å². The van der Waals surface area contributed by atoms with Crippen LogP contribution in [0.3, 0.4) is 0 Å². The van der Waals surface area contributed by atoms with Gasteiger partial charge in [-0.3, -0.25) is 13.3 Å². The SMILES string of the molecule is FC(CCCCCCC(F)(F)F)[Si](OC(F)(F)F)(OC(F)(F)F)OC(F)(F)F. The summed E-state index contributed by atoms with van der Waals surface area (Å²) in [5.74, 6) is -3.61. The summed E-state index contributed by atoms with van der Waals surface area (Å²) in [6.45, 7) is 0. The molecule has 0 saturated carbocycles. The standard InChI is InChI=1S/C11H13F13O3Si/c12-7(5-3-1-2-4-6-8(13,14)15)28(25-9(16,17)18,26-10(19,20)21)27-11(22,23)24/h7H,1-6H2. The fraction of sp³-hybridized carbons (Fsp3) is 1.00. The van der Waals surface area contributed by atoms with Gasteiger partial charge in [0.15, 0.2) is 5.79 Å². The molecule has 0 amide bonds. The second-order valence-corrected chi connectivity index (χ2v) is 7.73. The van der Waals surface area contributed by atoms with Gasteiger partial charge in [0.2, 0.25) is 0 Å². The van der Waals surface area contributed by atoms with Crippen LogP contribution in [0.5, 0.6) is 0 Å². The van der Waals surface area contributed by atoms with Gasteiger partial charge in [0.25, 0.3) is 0 Å². The van der Waals surface area contributed by atoms with Gasteiger partial charge >= 0.3 is 34.1 Å². The minimum Gasteiger partial charge on any atom is -0.282 e. The molecule has 0 aromatic carbocycles. The van der Waals surface area contributed by atoms with E-state index in [1.807, 2.05) is 0 Å². The lowest BCUT2D eigenvalue weighted by atomic mass is 10.1. The maximum atomic E-state index is 14.0. The third kappa shape index (κ3) is 13.4. The third-order valence-electron chi connectivity index (χ3n) is 2.83. The summed E-state index contributed by atoms with van der Waals surface area (Å²) in [4.78, 5) is 0. The molecule has 0 N–H and O–H groups in total. The second kappa shape index (κ2) is 9.79. The number of alkyl halides is 13. The molecule has 0 fully saturated rings. The average Bonchev–Trinajstić information content (AvgIpc) is 2.34. The predicted molar refractivity (Wildman–Crippen MR) is 65.8 cm³/mol. The summed E-state index contributed by atoms with van der Waals surface area (Å²) in [5.41, 5.74) is 0. The van der Waals surface area contributed by atoms with Crippen LogP contribution in [-0.2, 0) is 13.3 Å². The maximum Gasteiger partial charge on any atom is 0.556 e. The molecule has 0 aliphatic carbocycles. The van der Waals surface area contributed by atoms with Crippen LogP contribution in [0.25, 0.3) is 0 Å². The van der Waals surface area contributed by atoms with Crippen molar-refractivity contribution < 1.29 is 70.4 Å². The highest BCUT2D eigenvalue weighted by Gasteiger charge is 2.66. The molecule has 17 heteroatoms.